The van der Waals surface area contributed by atoms with Crippen LogP contribution in [0.5, 0.6) is 0 Å². The quantitative estimate of drug-likeness (QED) is 0.866. The van der Waals surface area contributed by atoms with Gasteiger partial charge in [0.2, 0.25) is 10.0 Å². The van der Waals surface area contributed by atoms with Crippen LogP contribution in [0.25, 0.3) is 0 Å². The van der Waals surface area contributed by atoms with Gasteiger partial charge in [-0.15, -0.1) is 0 Å². The van der Waals surface area contributed by atoms with Gasteiger partial charge in [0.1, 0.15) is 10.7 Å². The fraction of sp³-hybridized carbons (Fsp3) is 0.538. The van der Waals surface area contributed by atoms with Crippen LogP contribution >= 0.6 is 0 Å². The van der Waals surface area contributed by atoms with Crippen LogP contribution in [0.4, 0.5) is 4.39 Å². The zero-order valence-corrected chi connectivity index (χ0v) is 11.9. The number of hydrogen-bond donors (Lipinski definition) is 2. The first-order valence-corrected chi connectivity index (χ1v) is 7.77. The van der Waals surface area contributed by atoms with E-state index in [-0.39, 0.29) is 11.4 Å². The lowest BCUT2D eigenvalue weighted by atomic mass is 10.0. The summed E-state index contributed by atoms with van der Waals surface area (Å²) in [6.07, 6.45) is 2.01. The lowest BCUT2D eigenvalue weighted by molar-refractivity contribution is 0.399. The summed E-state index contributed by atoms with van der Waals surface area (Å²) in [5, 5.41) is 0. The first-order chi connectivity index (χ1) is 8.76. The summed E-state index contributed by atoms with van der Waals surface area (Å²) in [6, 6.07) is 3.96. The SMILES string of the molecule is CC(C)(NS(=O)(=O)c1ccc(CN)cc1F)C1CC1. The number of nitrogens with one attached hydrogen (secondary N) is 1. The number of rotatable bonds is 5. The molecule has 1 saturated carbocycles. The van der Waals surface area contributed by atoms with E-state index < -0.39 is 21.4 Å². The Kier molecular flexibility index (Phi) is 3.68. The zero-order chi connectivity index (χ0) is 14.3. The van der Waals surface area contributed by atoms with E-state index in [1.807, 2.05) is 13.8 Å². The Morgan fingerprint density at radius 2 is 2.05 bits per heavy atom. The maximum absolute atomic E-state index is 13.8. The Labute approximate surface area is 113 Å². The van der Waals surface area contributed by atoms with Gasteiger partial charge in [0.15, 0.2) is 0 Å². The Hall–Kier alpha value is -0.980. The van der Waals surface area contributed by atoms with Crippen molar-refractivity contribution in [2.75, 3.05) is 0 Å². The second-order valence-electron chi connectivity index (χ2n) is 5.57. The summed E-state index contributed by atoms with van der Waals surface area (Å²) in [7, 11) is -3.84. The third-order valence-corrected chi connectivity index (χ3v) is 5.22. The molecule has 0 aliphatic heterocycles. The van der Waals surface area contributed by atoms with E-state index in [1.165, 1.54) is 18.2 Å². The van der Waals surface area contributed by atoms with E-state index in [0.717, 1.165) is 12.8 Å². The van der Waals surface area contributed by atoms with Crippen molar-refractivity contribution in [2.24, 2.45) is 11.7 Å². The molecule has 1 aromatic rings. The second-order valence-corrected chi connectivity index (χ2v) is 7.22. The van der Waals surface area contributed by atoms with Gasteiger partial charge < -0.3 is 5.73 Å². The zero-order valence-electron chi connectivity index (χ0n) is 11.1. The number of sulfonamides is 1. The molecule has 0 heterocycles. The molecule has 19 heavy (non-hydrogen) atoms. The minimum absolute atomic E-state index is 0.179. The average Bonchev–Trinajstić information content (AvgIpc) is 3.10. The van der Waals surface area contributed by atoms with Gasteiger partial charge in [0.05, 0.1) is 0 Å². The van der Waals surface area contributed by atoms with Crippen molar-refractivity contribution >= 4 is 10.0 Å². The van der Waals surface area contributed by atoms with E-state index in [2.05, 4.69) is 4.72 Å². The van der Waals surface area contributed by atoms with Gasteiger partial charge in [-0.3, -0.25) is 0 Å². The molecular formula is C13H19FN2O2S. The standard InChI is InChI=1S/C13H19FN2O2S/c1-13(2,10-4-5-10)16-19(17,18)12-6-3-9(8-15)7-11(12)14/h3,6-7,10,16H,4-5,8,15H2,1-2H3. The highest BCUT2D eigenvalue weighted by Crippen LogP contribution is 2.40. The minimum atomic E-state index is -3.84. The molecule has 1 aliphatic carbocycles. The minimum Gasteiger partial charge on any atom is -0.326 e. The fourth-order valence-electron chi connectivity index (χ4n) is 2.18. The predicted molar refractivity (Wildman–Crippen MR) is 71.4 cm³/mol. The van der Waals surface area contributed by atoms with Crippen LogP contribution in [0.15, 0.2) is 23.1 Å². The molecule has 0 spiro atoms. The molecule has 6 heteroatoms. The highest BCUT2D eigenvalue weighted by atomic mass is 32.2. The molecule has 0 radical (unpaired) electrons. The van der Waals surface area contributed by atoms with Crippen LogP contribution in [-0.2, 0) is 16.6 Å². The highest BCUT2D eigenvalue weighted by molar-refractivity contribution is 7.89. The Balaban J connectivity index is 2.29. The van der Waals surface area contributed by atoms with Gasteiger partial charge in [0, 0.05) is 12.1 Å². The molecule has 0 atom stereocenters. The molecule has 0 aromatic heterocycles. The molecule has 0 bridgehead atoms. The Morgan fingerprint density at radius 1 is 1.42 bits per heavy atom. The molecule has 0 unspecified atom stereocenters. The van der Waals surface area contributed by atoms with Crippen LogP contribution in [-0.4, -0.2) is 14.0 Å². The maximum Gasteiger partial charge on any atom is 0.243 e. The molecule has 0 saturated heterocycles. The van der Waals surface area contributed by atoms with Crippen molar-refractivity contribution in [2.45, 2.75) is 43.7 Å². The topological polar surface area (TPSA) is 72.2 Å². The van der Waals surface area contributed by atoms with Crippen LogP contribution in [0, 0.1) is 11.7 Å². The monoisotopic (exact) mass is 286 g/mol. The highest BCUT2D eigenvalue weighted by Gasteiger charge is 2.41. The summed E-state index contributed by atoms with van der Waals surface area (Å²) in [4.78, 5) is -0.321. The van der Waals surface area contributed by atoms with Crippen molar-refractivity contribution in [1.29, 1.82) is 0 Å². The van der Waals surface area contributed by atoms with Gasteiger partial charge in [-0.1, -0.05) is 6.07 Å². The summed E-state index contributed by atoms with van der Waals surface area (Å²) in [5.41, 5.74) is 5.42. The second kappa shape index (κ2) is 4.85. The Bertz CT molecular complexity index is 580. The summed E-state index contributed by atoms with van der Waals surface area (Å²) in [5.74, 6) is -0.435. The predicted octanol–water partition coefficient (Wildman–Crippen LogP) is 1.75. The molecule has 1 aromatic carbocycles. The van der Waals surface area contributed by atoms with E-state index in [1.54, 1.807) is 0 Å². The van der Waals surface area contributed by atoms with E-state index in [0.29, 0.717) is 11.5 Å². The summed E-state index contributed by atoms with van der Waals surface area (Å²) >= 11 is 0. The smallest absolute Gasteiger partial charge is 0.243 e. The van der Waals surface area contributed by atoms with Crippen LogP contribution in [0.3, 0.4) is 0 Å². The maximum atomic E-state index is 13.8. The van der Waals surface area contributed by atoms with Gasteiger partial charge in [-0.2, -0.15) is 0 Å². The van der Waals surface area contributed by atoms with Crippen LogP contribution in [0.2, 0.25) is 0 Å². The number of nitrogens with two attached hydrogens (primary N) is 1. The summed E-state index contributed by atoms with van der Waals surface area (Å²) in [6.45, 7) is 3.83. The fourth-order valence-corrected chi connectivity index (χ4v) is 3.71. The van der Waals surface area contributed by atoms with Crippen molar-refractivity contribution in [3.63, 3.8) is 0 Å². The first kappa shape index (κ1) is 14.4. The van der Waals surface area contributed by atoms with Gasteiger partial charge in [-0.05, 0) is 50.3 Å². The van der Waals surface area contributed by atoms with Crippen molar-refractivity contribution in [1.82, 2.24) is 4.72 Å². The number of benzene rings is 1. The molecule has 1 aliphatic rings. The van der Waals surface area contributed by atoms with Crippen LogP contribution in [0.1, 0.15) is 32.3 Å². The average molecular weight is 286 g/mol. The lowest BCUT2D eigenvalue weighted by Gasteiger charge is -2.25. The van der Waals surface area contributed by atoms with Crippen molar-refractivity contribution in [3.05, 3.63) is 29.6 Å². The number of halogens is 1. The molecule has 4 nitrogen and oxygen atoms in total. The lowest BCUT2D eigenvalue weighted by Crippen LogP contribution is -2.45. The molecular weight excluding hydrogens is 267 g/mol. The van der Waals surface area contributed by atoms with Crippen molar-refractivity contribution in [3.8, 4) is 0 Å². The van der Waals surface area contributed by atoms with Gasteiger partial charge in [0.25, 0.3) is 0 Å². The molecule has 2 rings (SSSR count). The van der Waals surface area contributed by atoms with E-state index >= 15 is 0 Å². The first-order valence-electron chi connectivity index (χ1n) is 6.29. The van der Waals surface area contributed by atoms with Gasteiger partial charge in [-0.25, -0.2) is 17.5 Å². The van der Waals surface area contributed by atoms with E-state index in [9.17, 15) is 12.8 Å². The Morgan fingerprint density at radius 3 is 2.53 bits per heavy atom. The largest absolute Gasteiger partial charge is 0.326 e. The van der Waals surface area contributed by atoms with Gasteiger partial charge >= 0.3 is 0 Å². The normalized spacial score (nSPS) is 16.6. The van der Waals surface area contributed by atoms with Crippen molar-refractivity contribution < 1.29 is 12.8 Å². The number of hydrogen-bond acceptors (Lipinski definition) is 3. The molecule has 106 valence electrons. The molecule has 0 amide bonds. The van der Waals surface area contributed by atoms with E-state index in [4.69, 9.17) is 5.73 Å². The summed E-state index contributed by atoms with van der Waals surface area (Å²) < 4.78 is 40.9. The molecule has 3 N–H and O–H groups in total. The third kappa shape index (κ3) is 3.13. The van der Waals surface area contributed by atoms with Crippen LogP contribution < -0.4 is 10.5 Å². The third-order valence-electron chi connectivity index (χ3n) is 3.52. The molecule has 1 fully saturated rings.